The smallest absolute Gasteiger partial charge is 0.336 e. The molecule has 0 heterocycles. The molecule has 3 aromatic carbocycles. The van der Waals surface area contributed by atoms with Crippen LogP contribution in [0.4, 0.5) is 4.39 Å². The Bertz CT molecular complexity index is 1140. The molecule has 0 aromatic heterocycles. The maximum atomic E-state index is 14.0. The van der Waals surface area contributed by atoms with Crippen LogP contribution in [0.3, 0.4) is 0 Å². The van der Waals surface area contributed by atoms with E-state index in [1.807, 2.05) is 36.4 Å². The van der Waals surface area contributed by atoms with Crippen molar-refractivity contribution in [1.82, 2.24) is 0 Å². The van der Waals surface area contributed by atoms with Gasteiger partial charge in [-0.15, -0.1) is 0 Å². The lowest BCUT2D eigenvalue weighted by Gasteiger charge is -2.09. The SMILES string of the molecule is COc1cc(/C=C(/C#N)c2ccccc2F)ccc1OC(=O)/C=C/c1ccccc1. The number of nitriles is 1. The highest BCUT2D eigenvalue weighted by Crippen LogP contribution is 2.30. The fourth-order valence-corrected chi connectivity index (χ4v) is 2.75. The number of nitrogens with zero attached hydrogens (tertiary/aromatic N) is 1. The maximum Gasteiger partial charge on any atom is 0.336 e. The molecule has 0 amide bonds. The fourth-order valence-electron chi connectivity index (χ4n) is 2.75. The van der Waals surface area contributed by atoms with Crippen molar-refractivity contribution in [2.24, 2.45) is 0 Å². The summed E-state index contributed by atoms with van der Waals surface area (Å²) in [7, 11) is 1.45. The lowest BCUT2D eigenvalue weighted by Crippen LogP contribution is -2.05. The minimum Gasteiger partial charge on any atom is -0.493 e. The van der Waals surface area contributed by atoms with Crippen LogP contribution in [0.5, 0.6) is 11.5 Å². The van der Waals surface area contributed by atoms with E-state index >= 15 is 0 Å². The Morgan fingerprint density at radius 3 is 2.40 bits per heavy atom. The van der Waals surface area contributed by atoms with Gasteiger partial charge in [-0.25, -0.2) is 9.18 Å². The van der Waals surface area contributed by atoms with Gasteiger partial charge in [0.15, 0.2) is 11.5 Å². The molecule has 148 valence electrons. The molecule has 0 atom stereocenters. The van der Waals surface area contributed by atoms with Gasteiger partial charge in [-0.2, -0.15) is 5.26 Å². The first-order chi connectivity index (χ1) is 14.6. The van der Waals surface area contributed by atoms with Crippen LogP contribution in [0.2, 0.25) is 0 Å². The maximum absolute atomic E-state index is 14.0. The summed E-state index contributed by atoms with van der Waals surface area (Å²) in [5, 5.41) is 9.43. The number of rotatable bonds is 6. The van der Waals surface area contributed by atoms with Gasteiger partial charge in [-0.3, -0.25) is 0 Å². The molecule has 0 fully saturated rings. The Morgan fingerprint density at radius 2 is 1.70 bits per heavy atom. The van der Waals surface area contributed by atoms with Crippen molar-refractivity contribution in [3.8, 4) is 17.6 Å². The number of halogens is 1. The quantitative estimate of drug-likeness (QED) is 0.180. The van der Waals surface area contributed by atoms with E-state index in [2.05, 4.69) is 0 Å². The lowest BCUT2D eigenvalue weighted by atomic mass is 10.0. The Morgan fingerprint density at radius 1 is 0.967 bits per heavy atom. The van der Waals surface area contributed by atoms with Gasteiger partial charge in [0.25, 0.3) is 0 Å². The lowest BCUT2D eigenvalue weighted by molar-refractivity contribution is -0.129. The van der Waals surface area contributed by atoms with E-state index in [4.69, 9.17) is 9.47 Å². The summed E-state index contributed by atoms with van der Waals surface area (Å²) in [6.45, 7) is 0. The van der Waals surface area contributed by atoms with Crippen LogP contribution < -0.4 is 9.47 Å². The molecular formula is C25H18FNO3. The van der Waals surface area contributed by atoms with Gasteiger partial charge in [0.2, 0.25) is 0 Å². The third-order valence-corrected chi connectivity index (χ3v) is 4.21. The Kier molecular flexibility index (Phi) is 6.75. The van der Waals surface area contributed by atoms with Gasteiger partial charge in [-0.05, 0) is 41.5 Å². The zero-order chi connectivity index (χ0) is 21.3. The van der Waals surface area contributed by atoms with Gasteiger partial charge in [0, 0.05) is 11.6 Å². The third-order valence-electron chi connectivity index (χ3n) is 4.21. The van der Waals surface area contributed by atoms with Crippen molar-refractivity contribution in [3.63, 3.8) is 0 Å². The van der Waals surface area contributed by atoms with E-state index in [0.717, 1.165) is 5.56 Å². The number of hydrogen-bond donors (Lipinski definition) is 0. The van der Waals surface area contributed by atoms with Crippen molar-refractivity contribution in [2.75, 3.05) is 7.11 Å². The van der Waals surface area contributed by atoms with Gasteiger partial charge < -0.3 is 9.47 Å². The summed E-state index contributed by atoms with van der Waals surface area (Å²) < 4.78 is 24.7. The fraction of sp³-hybridized carbons (Fsp3) is 0.0400. The molecule has 0 aliphatic carbocycles. The van der Waals surface area contributed by atoms with Gasteiger partial charge in [0.05, 0.1) is 18.8 Å². The molecule has 3 rings (SSSR count). The summed E-state index contributed by atoms with van der Waals surface area (Å²) >= 11 is 0. The highest BCUT2D eigenvalue weighted by atomic mass is 19.1. The first-order valence-corrected chi connectivity index (χ1v) is 9.10. The van der Waals surface area contributed by atoms with E-state index in [1.165, 1.54) is 25.3 Å². The zero-order valence-electron chi connectivity index (χ0n) is 16.2. The van der Waals surface area contributed by atoms with Gasteiger partial charge >= 0.3 is 5.97 Å². The summed E-state index contributed by atoms with van der Waals surface area (Å²) in [4.78, 5) is 12.1. The molecule has 0 N–H and O–H groups in total. The average Bonchev–Trinajstić information content (AvgIpc) is 2.78. The molecule has 0 saturated heterocycles. The van der Waals surface area contributed by atoms with Crippen LogP contribution in [0.25, 0.3) is 17.7 Å². The normalized spacial score (nSPS) is 11.2. The van der Waals surface area contributed by atoms with Crippen molar-refractivity contribution in [3.05, 3.63) is 101 Å². The van der Waals surface area contributed by atoms with E-state index < -0.39 is 11.8 Å². The molecule has 4 nitrogen and oxygen atoms in total. The van der Waals surface area contributed by atoms with Crippen molar-refractivity contribution >= 4 is 23.7 Å². The molecule has 0 bridgehead atoms. The summed E-state index contributed by atoms with van der Waals surface area (Å²) in [5.74, 6) is -0.477. The van der Waals surface area contributed by atoms with Gasteiger partial charge in [0.1, 0.15) is 5.82 Å². The summed E-state index contributed by atoms with van der Waals surface area (Å²) in [5.41, 5.74) is 1.86. The van der Waals surface area contributed by atoms with Crippen molar-refractivity contribution in [1.29, 1.82) is 5.26 Å². The number of ether oxygens (including phenoxy) is 2. The first-order valence-electron chi connectivity index (χ1n) is 9.10. The summed E-state index contributed by atoms with van der Waals surface area (Å²) in [6, 6.07) is 22.3. The molecule has 0 unspecified atom stereocenters. The molecule has 30 heavy (non-hydrogen) atoms. The molecule has 3 aromatic rings. The molecular weight excluding hydrogens is 381 g/mol. The van der Waals surface area contributed by atoms with Crippen molar-refractivity contribution < 1.29 is 18.7 Å². The minimum absolute atomic E-state index is 0.172. The number of esters is 1. The Labute approximate surface area is 174 Å². The molecule has 5 heteroatoms. The predicted octanol–water partition coefficient (Wildman–Crippen LogP) is 5.52. The van der Waals surface area contributed by atoms with Crippen LogP contribution in [-0.4, -0.2) is 13.1 Å². The van der Waals surface area contributed by atoms with E-state index in [0.29, 0.717) is 11.3 Å². The Balaban J connectivity index is 1.81. The highest BCUT2D eigenvalue weighted by molar-refractivity contribution is 5.91. The van der Waals surface area contributed by atoms with Crippen LogP contribution >= 0.6 is 0 Å². The first kappa shape index (κ1) is 20.6. The van der Waals surface area contributed by atoms with Crippen molar-refractivity contribution in [2.45, 2.75) is 0 Å². The number of methoxy groups -OCH3 is 1. The zero-order valence-corrected chi connectivity index (χ0v) is 16.2. The second kappa shape index (κ2) is 9.85. The van der Waals surface area contributed by atoms with Crippen LogP contribution in [0, 0.1) is 17.1 Å². The monoisotopic (exact) mass is 399 g/mol. The van der Waals surface area contributed by atoms with Crippen LogP contribution in [0.1, 0.15) is 16.7 Å². The molecule has 0 aliphatic heterocycles. The minimum atomic E-state index is -0.551. The van der Waals surface area contributed by atoms with E-state index in [9.17, 15) is 14.4 Å². The molecule has 0 aliphatic rings. The number of hydrogen-bond acceptors (Lipinski definition) is 4. The second-order valence-corrected chi connectivity index (χ2v) is 6.23. The summed E-state index contributed by atoms with van der Waals surface area (Å²) in [6.07, 6.45) is 4.52. The number of allylic oxidation sites excluding steroid dienone is 1. The standard InChI is InChI=1S/C25H18FNO3/c1-29-24-16-19(15-20(17-27)21-9-5-6-10-22(21)26)11-13-23(24)30-25(28)14-12-18-7-3-2-4-8-18/h2-16H,1H3/b14-12+,20-15-. The van der Waals surface area contributed by atoms with Crippen LogP contribution in [0.15, 0.2) is 78.9 Å². The van der Waals surface area contributed by atoms with Gasteiger partial charge in [-0.1, -0.05) is 54.6 Å². The number of carbonyl (C=O) groups excluding carboxylic acids is 1. The Hall–Kier alpha value is -4.17. The largest absolute Gasteiger partial charge is 0.493 e. The third kappa shape index (κ3) is 5.21. The van der Waals surface area contributed by atoms with E-state index in [-0.39, 0.29) is 16.9 Å². The molecule has 0 saturated carbocycles. The average molecular weight is 399 g/mol. The van der Waals surface area contributed by atoms with Crippen LogP contribution in [-0.2, 0) is 4.79 Å². The number of carbonyl (C=O) groups is 1. The van der Waals surface area contributed by atoms with E-state index in [1.54, 1.807) is 42.5 Å². The second-order valence-electron chi connectivity index (χ2n) is 6.23. The molecule has 0 radical (unpaired) electrons. The highest BCUT2D eigenvalue weighted by Gasteiger charge is 2.11. The predicted molar refractivity (Wildman–Crippen MR) is 114 cm³/mol. The molecule has 0 spiro atoms. The topological polar surface area (TPSA) is 59.3 Å². The number of benzene rings is 3.